The van der Waals surface area contributed by atoms with Gasteiger partial charge in [0.2, 0.25) is 11.8 Å². The normalized spacial score (nSPS) is 11.4. The Hall–Kier alpha value is -1.75. The second-order valence-electron chi connectivity index (χ2n) is 5.67. The van der Waals surface area contributed by atoms with Crippen LogP contribution in [0.15, 0.2) is 50.5 Å². The number of benzene rings is 1. The third-order valence-electron chi connectivity index (χ3n) is 3.63. The van der Waals surface area contributed by atoms with Gasteiger partial charge in [0, 0.05) is 24.5 Å². The Bertz CT molecular complexity index is 885. The standard InChI is InChI=1S/C17H20BrN3O4S2/c1-21(27(24,25)17-9-5-11-26-17)10-4-8-15(22)19-12-16(23)20-14-7-3-2-6-13(14)18/h2-3,5-7,9,11H,4,8,10,12H2,1H3,(H,19,22)(H,20,23). The van der Waals surface area contributed by atoms with E-state index in [9.17, 15) is 18.0 Å². The molecule has 146 valence electrons. The summed E-state index contributed by atoms with van der Waals surface area (Å²) < 4.78 is 26.8. The SMILES string of the molecule is CN(CCCC(=O)NCC(=O)Nc1ccccc1Br)S(=O)(=O)c1cccs1. The first kappa shape index (κ1) is 21.5. The Morgan fingerprint density at radius 3 is 2.56 bits per heavy atom. The fraction of sp³-hybridized carbons (Fsp3) is 0.294. The van der Waals surface area contributed by atoms with Gasteiger partial charge in [-0.05, 0) is 45.9 Å². The number of amides is 2. The van der Waals surface area contributed by atoms with Crippen molar-refractivity contribution >= 4 is 54.8 Å². The topological polar surface area (TPSA) is 95.6 Å². The van der Waals surface area contributed by atoms with Gasteiger partial charge >= 0.3 is 0 Å². The molecule has 2 N–H and O–H groups in total. The van der Waals surface area contributed by atoms with Crippen molar-refractivity contribution in [3.8, 4) is 0 Å². The molecular formula is C17H20BrN3O4S2. The lowest BCUT2D eigenvalue weighted by molar-refractivity contribution is -0.124. The van der Waals surface area contributed by atoms with Gasteiger partial charge in [0.15, 0.2) is 0 Å². The van der Waals surface area contributed by atoms with E-state index in [4.69, 9.17) is 0 Å². The molecule has 1 aromatic carbocycles. The van der Waals surface area contributed by atoms with Crippen LogP contribution in [0.4, 0.5) is 5.69 Å². The summed E-state index contributed by atoms with van der Waals surface area (Å²) in [6, 6.07) is 10.4. The summed E-state index contributed by atoms with van der Waals surface area (Å²) in [7, 11) is -2.02. The number of para-hydroxylation sites is 1. The average Bonchev–Trinajstić information content (AvgIpc) is 3.17. The number of halogens is 1. The van der Waals surface area contributed by atoms with Crippen molar-refractivity contribution in [1.29, 1.82) is 0 Å². The molecule has 0 aliphatic rings. The molecule has 1 aromatic heterocycles. The van der Waals surface area contributed by atoms with E-state index in [1.807, 2.05) is 6.07 Å². The second kappa shape index (κ2) is 9.98. The van der Waals surface area contributed by atoms with Gasteiger partial charge in [-0.1, -0.05) is 18.2 Å². The van der Waals surface area contributed by atoms with Crippen LogP contribution in [0, 0.1) is 0 Å². The second-order valence-corrected chi connectivity index (χ2v) is 9.74. The molecule has 1 heterocycles. The molecule has 7 nitrogen and oxygen atoms in total. The molecule has 0 fully saturated rings. The molecule has 2 aromatic rings. The van der Waals surface area contributed by atoms with E-state index < -0.39 is 10.0 Å². The molecule has 0 bridgehead atoms. The molecule has 0 saturated heterocycles. The van der Waals surface area contributed by atoms with E-state index in [1.165, 1.54) is 11.4 Å². The van der Waals surface area contributed by atoms with Crippen molar-refractivity contribution in [3.63, 3.8) is 0 Å². The van der Waals surface area contributed by atoms with E-state index >= 15 is 0 Å². The van der Waals surface area contributed by atoms with E-state index in [0.717, 1.165) is 15.8 Å². The van der Waals surface area contributed by atoms with Crippen LogP contribution in [0.1, 0.15) is 12.8 Å². The Kier molecular flexibility index (Phi) is 7.96. The predicted molar refractivity (Wildman–Crippen MR) is 109 cm³/mol. The highest BCUT2D eigenvalue weighted by Crippen LogP contribution is 2.21. The molecule has 0 spiro atoms. The fourth-order valence-electron chi connectivity index (χ4n) is 2.17. The zero-order valence-corrected chi connectivity index (χ0v) is 17.9. The van der Waals surface area contributed by atoms with Crippen LogP contribution in [0.5, 0.6) is 0 Å². The number of nitrogens with one attached hydrogen (secondary N) is 2. The molecule has 2 rings (SSSR count). The lowest BCUT2D eigenvalue weighted by Gasteiger charge is -2.15. The molecule has 27 heavy (non-hydrogen) atoms. The Labute approximate surface area is 170 Å². The van der Waals surface area contributed by atoms with Crippen LogP contribution in [-0.2, 0) is 19.6 Å². The number of hydrogen-bond acceptors (Lipinski definition) is 5. The van der Waals surface area contributed by atoms with Gasteiger partial charge in [0.05, 0.1) is 12.2 Å². The van der Waals surface area contributed by atoms with Crippen LogP contribution < -0.4 is 10.6 Å². The zero-order chi connectivity index (χ0) is 19.9. The summed E-state index contributed by atoms with van der Waals surface area (Å²) in [5.74, 6) is -0.646. The summed E-state index contributed by atoms with van der Waals surface area (Å²) >= 11 is 4.48. The van der Waals surface area contributed by atoms with E-state index in [2.05, 4.69) is 26.6 Å². The highest BCUT2D eigenvalue weighted by molar-refractivity contribution is 9.10. The predicted octanol–water partition coefficient (Wildman–Crippen LogP) is 2.67. The van der Waals surface area contributed by atoms with Crippen molar-refractivity contribution in [2.24, 2.45) is 0 Å². The Morgan fingerprint density at radius 1 is 1.15 bits per heavy atom. The summed E-state index contributed by atoms with van der Waals surface area (Å²) in [5.41, 5.74) is 0.622. The summed E-state index contributed by atoms with van der Waals surface area (Å²) in [6.07, 6.45) is 0.491. The molecule has 0 saturated carbocycles. The van der Waals surface area contributed by atoms with Gasteiger partial charge in [-0.15, -0.1) is 11.3 Å². The largest absolute Gasteiger partial charge is 0.347 e. The lowest BCUT2D eigenvalue weighted by atomic mass is 10.3. The number of rotatable bonds is 9. The zero-order valence-electron chi connectivity index (χ0n) is 14.6. The minimum Gasteiger partial charge on any atom is -0.347 e. The minimum atomic E-state index is -3.51. The number of anilines is 1. The maximum atomic E-state index is 12.3. The first-order valence-corrected chi connectivity index (χ1v) is 11.2. The molecule has 0 unspecified atom stereocenters. The van der Waals surface area contributed by atoms with E-state index in [1.54, 1.807) is 35.7 Å². The van der Waals surface area contributed by atoms with Gasteiger partial charge < -0.3 is 10.6 Å². The van der Waals surface area contributed by atoms with Gasteiger partial charge in [-0.2, -0.15) is 0 Å². The average molecular weight is 474 g/mol. The molecule has 0 aliphatic carbocycles. The monoisotopic (exact) mass is 473 g/mol. The van der Waals surface area contributed by atoms with Crippen molar-refractivity contribution < 1.29 is 18.0 Å². The molecule has 0 aliphatic heterocycles. The van der Waals surface area contributed by atoms with Gasteiger partial charge in [0.1, 0.15) is 4.21 Å². The van der Waals surface area contributed by atoms with Gasteiger partial charge in [-0.25, -0.2) is 12.7 Å². The van der Waals surface area contributed by atoms with Crippen molar-refractivity contribution in [1.82, 2.24) is 9.62 Å². The highest BCUT2D eigenvalue weighted by atomic mass is 79.9. The molecule has 10 heteroatoms. The van der Waals surface area contributed by atoms with Crippen molar-refractivity contribution in [2.45, 2.75) is 17.1 Å². The molecular weight excluding hydrogens is 454 g/mol. The minimum absolute atomic E-state index is 0.132. The lowest BCUT2D eigenvalue weighted by Crippen LogP contribution is -2.33. The first-order chi connectivity index (χ1) is 12.8. The van der Waals surface area contributed by atoms with Crippen LogP contribution in [0.25, 0.3) is 0 Å². The number of carbonyl (C=O) groups excluding carboxylic acids is 2. The van der Waals surface area contributed by atoms with Crippen LogP contribution >= 0.6 is 27.3 Å². The highest BCUT2D eigenvalue weighted by Gasteiger charge is 2.21. The summed E-state index contributed by atoms with van der Waals surface area (Å²) in [4.78, 5) is 23.7. The quantitative estimate of drug-likeness (QED) is 0.584. The summed E-state index contributed by atoms with van der Waals surface area (Å²) in [5, 5.41) is 6.92. The maximum absolute atomic E-state index is 12.3. The number of nitrogens with zero attached hydrogens (tertiary/aromatic N) is 1. The van der Waals surface area contributed by atoms with Crippen LogP contribution in [-0.4, -0.2) is 44.7 Å². The fourth-order valence-corrected chi connectivity index (χ4v) is 4.96. The number of carbonyl (C=O) groups is 2. The van der Waals surface area contributed by atoms with Gasteiger partial charge in [-0.3, -0.25) is 9.59 Å². The van der Waals surface area contributed by atoms with Gasteiger partial charge in [0.25, 0.3) is 10.0 Å². The molecule has 2 amide bonds. The third kappa shape index (κ3) is 6.42. The molecule has 0 radical (unpaired) electrons. The van der Waals surface area contributed by atoms with E-state index in [-0.39, 0.29) is 35.5 Å². The van der Waals surface area contributed by atoms with Crippen molar-refractivity contribution in [2.75, 3.05) is 25.5 Å². The number of sulfonamides is 1. The molecule has 0 atom stereocenters. The Morgan fingerprint density at radius 2 is 1.89 bits per heavy atom. The third-order valence-corrected chi connectivity index (χ3v) is 7.55. The van der Waals surface area contributed by atoms with Crippen LogP contribution in [0.2, 0.25) is 0 Å². The summed E-state index contributed by atoms with van der Waals surface area (Å²) in [6.45, 7) is 0.0698. The van der Waals surface area contributed by atoms with E-state index in [0.29, 0.717) is 12.1 Å². The number of hydrogen-bond donors (Lipinski definition) is 2. The Balaban J connectivity index is 1.70. The number of thiophene rings is 1. The maximum Gasteiger partial charge on any atom is 0.252 e. The smallest absolute Gasteiger partial charge is 0.252 e. The van der Waals surface area contributed by atoms with Crippen molar-refractivity contribution in [3.05, 3.63) is 46.3 Å². The van der Waals surface area contributed by atoms with Crippen LogP contribution in [0.3, 0.4) is 0 Å². The first-order valence-electron chi connectivity index (χ1n) is 8.11.